The number of carbonyl (C=O) groups is 1. The highest BCUT2D eigenvalue weighted by Gasteiger charge is 2.40. The van der Waals surface area contributed by atoms with Crippen molar-refractivity contribution in [3.8, 4) is 0 Å². The molecule has 0 spiro atoms. The molecule has 1 amide bonds. The highest BCUT2D eigenvalue weighted by molar-refractivity contribution is 6.41. The van der Waals surface area contributed by atoms with E-state index < -0.39 is 0 Å². The summed E-state index contributed by atoms with van der Waals surface area (Å²) < 4.78 is 0. The minimum Gasteiger partial charge on any atom is -0.348 e. The monoisotopic (exact) mass is 477 g/mol. The van der Waals surface area contributed by atoms with Crippen LogP contribution in [0.4, 0.5) is 5.69 Å². The SMILES string of the molecule is C[C@H]1C(C(=O)NC2CCCCCC2)=NN(c2ccc(Cl)cc2Cl)[C@H]1c1ccc(Cl)cc1. The lowest BCUT2D eigenvalue weighted by Crippen LogP contribution is -2.40. The number of nitrogens with zero attached hydrogens (tertiary/aromatic N) is 2. The van der Waals surface area contributed by atoms with E-state index in [9.17, 15) is 4.79 Å². The van der Waals surface area contributed by atoms with E-state index in [2.05, 4.69) is 5.32 Å². The predicted molar refractivity (Wildman–Crippen MR) is 129 cm³/mol. The number of rotatable bonds is 4. The molecular formula is C24H26Cl3N3O. The minimum absolute atomic E-state index is 0.0917. The van der Waals surface area contributed by atoms with Gasteiger partial charge in [-0.1, -0.05) is 79.5 Å². The van der Waals surface area contributed by atoms with Crippen LogP contribution in [0.15, 0.2) is 47.6 Å². The highest BCUT2D eigenvalue weighted by Crippen LogP contribution is 2.42. The van der Waals surface area contributed by atoms with Gasteiger partial charge in [0.15, 0.2) is 0 Å². The van der Waals surface area contributed by atoms with Gasteiger partial charge in [0.05, 0.1) is 16.8 Å². The number of nitrogens with one attached hydrogen (secondary N) is 1. The molecule has 0 unspecified atom stereocenters. The Balaban J connectivity index is 1.66. The van der Waals surface area contributed by atoms with Crippen LogP contribution in [-0.4, -0.2) is 17.7 Å². The molecule has 2 atom stereocenters. The number of amides is 1. The molecule has 0 bridgehead atoms. The van der Waals surface area contributed by atoms with Gasteiger partial charge in [-0.05, 0) is 48.7 Å². The van der Waals surface area contributed by atoms with Gasteiger partial charge >= 0.3 is 0 Å². The lowest BCUT2D eigenvalue weighted by Gasteiger charge is -2.27. The molecule has 1 heterocycles. The molecule has 1 aliphatic carbocycles. The minimum atomic E-state index is -0.175. The first-order valence-electron chi connectivity index (χ1n) is 10.8. The number of carbonyl (C=O) groups excluding carboxylic acids is 1. The molecule has 4 nitrogen and oxygen atoms in total. The van der Waals surface area contributed by atoms with Gasteiger partial charge in [0, 0.05) is 22.0 Å². The van der Waals surface area contributed by atoms with Crippen LogP contribution in [-0.2, 0) is 4.79 Å². The zero-order chi connectivity index (χ0) is 22.0. The third kappa shape index (κ3) is 5.02. The summed E-state index contributed by atoms with van der Waals surface area (Å²) in [4.78, 5) is 13.2. The van der Waals surface area contributed by atoms with Gasteiger partial charge in [-0.2, -0.15) is 5.10 Å². The van der Waals surface area contributed by atoms with Crippen LogP contribution in [0.25, 0.3) is 0 Å². The summed E-state index contributed by atoms with van der Waals surface area (Å²) in [5, 5.41) is 11.6. The van der Waals surface area contributed by atoms with E-state index in [0.717, 1.165) is 36.9 Å². The molecule has 31 heavy (non-hydrogen) atoms. The van der Waals surface area contributed by atoms with Crippen molar-refractivity contribution in [1.29, 1.82) is 0 Å². The molecule has 1 fully saturated rings. The third-order valence-electron chi connectivity index (χ3n) is 6.17. The molecule has 164 valence electrons. The normalized spacial score (nSPS) is 22.2. The Hall–Kier alpha value is -1.75. The molecule has 4 rings (SSSR count). The summed E-state index contributed by atoms with van der Waals surface area (Å²) in [6, 6.07) is 13.0. The smallest absolute Gasteiger partial charge is 0.268 e. The van der Waals surface area contributed by atoms with Crippen LogP contribution < -0.4 is 10.3 Å². The van der Waals surface area contributed by atoms with Gasteiger partial charge in [-0.3, -0.25) is 9.80 Å². The Morgan fingerprint density at radius 3 is 2.26 bits per heavy atom. The summed E-state index contributed by atoms with van der Waals surface area (Å²) in [6.07, 6.45) is 6.86. The Morgan fingerprint density at radius 2 is 1.61 bits per heavy atom. The molecule has 0 saturated heterocycles. The fraction of sp³-hybridized carbons (Fsp3) is 0.417. The van der Waals surface area contributed by atoms with Crippen molar-refractivity contribution in [2.24, 2.45) is 11.0 Å². The standard InChI is InChI=1S/C24H26Cl3N3O/c1-15-22(24(31)28-19-6-4-2-3-5-7-19)29-30(21-13-12-18(26)14-20(21)27)23(15)16-8-10-17(25)11-9-16/h8-15,19,23H,2-7H2,1H3,(H,28,31)/t15-,23+/m0/s1. The average molecular weight is 479 g/mol. The molecule has 0 aromatic heterocycles. The quantitative estimate of drug-likeness (QED) is 0.479. The predicted octanol–water partition coefficient (Wildman–Crippen LogP) is 7.04. The van der Waals surface area contributed by atoms with Crippen molar-refractivity contribution in [1.82, 2.24) is 5.32 Å². The van der Waals surface area contributed by atoms with Crippen molar-refractivity contribution in [2.45, 2.75) is 57.5 Å². The molecular weight excluding hydrogens is 453 g/mol. The molecule has 2 aromatic rings. The second kappa shape index (κ2) is 9.81. The summed E-state index contributed by atoms with van der Waals surface area (Å²) in [5.41, 5.74) is 2.26. The second-order valence-corrected chi connectivity index (χ2v) is 9.65. The lowest BCUT2D eigenvalue weighted by atomic mass is 9.90. The Kier molecular flexibility index (Phi) is 7.10. The van der Waals surface area contributed by atoms with E-state index >= 15 is 0 Å². The van der Waals surface area contributed by atoms with Crippen LogP contribution in [0.2, 0.25) is 15.1 Å². The van der Waals surface area contributed by atoms with E-state index in [-0.39, 0.29) is 23.9 Å². The lowest BCUT2D eigenvalue weighted by molar-refractivity contribution is -0.115. The van der Waals surface area contributed by atoms with Crippen molar-refractivity contribution in [3.05, 3.63) is 63.1 Å². The zero-order valence-electron chi connectivity index (χ0n) is 17.5. The van der Waals surface area contributed by atoms with Crippen molar-refractivity contribution >= 4 is 52.1 Å². The molecule has 1 N–H and O–H groups in total. The number of anilines is 1. The summed E-state index contributed by atoms with van der Waals surface area (Å²) in [7, 11) is 0. The van der Waals surface area contributed by atoms with E-state index in [1.165, 1.54) is 12.8 Å². The van der Waals surface area contributed by atoms with Crippen molar-refractivity contribution < 1.29 is 4.79 Å². The van der Waals surface area contributed by atoms with Crippen LogP contribution in [0, 0.1) is 5.92 Å². The maximum absolute atomic E-state index is 13.2. The van der Waals surface area contributed by atoms with Crippen LogP contribution in [0.1, 0.15) is 57.1 Å². The molecule has 0 radical (unpaired) electrons. The van der Waals surface area contributed by atoms with Crippen molar-refractivity contribution in [2.75, 3.05) is 5.01 Å². The summed E-state index contributed by atoms with van der Waals surface area (Å²) in [6.45, 7) is 2.04. The number of benzene rings is 2. The Morgan fingerprint density at radius 1 is 0.968 bits per heavy atom. The Bertz CT molecular complexity index is 969. The summed E-state index contributed by atoms with van der Waals surface area (Å²) in [5.74, 6) is -0.218. The number of hydrogen-bond acceptors (Lipinski definition) is 3. The largest absolute Gasteiger partial charge is 0.348 e. The maximum atomic E-state index is 13.2. The van der Waals surface area contributed by atoms with Crippen LogP contribution in [0.5, 0.6) is 0 Å². The zero-order valence-corrected chi connectivity index (χ0v) is 19.7. The van der Waals surface area contributed by atoms with Crippen LogP contribution in [0.3, 0.4) is 0 Å². The molecule has 1 saturated carbocycles. The van der Waals surface area contributed by atoms with Gasteiger partial charge in [0.2, 0.25) is 0 Å². The molecule has 2 aliphatic rings. The van der Waals surface area contributed by atoms with Gasteiger partial charge in [0.25, 0.3) is 5.91 Å². The van der Waals surface area contributed by atoms with E-state index in [1.807, 2.05) is 42.3 Å². The molecule has 2 aromatic carbocycles. The number of halogens is 3. The average Bonchev–Trinajstić information content (AvgIpc) is 2.89. The van der Waals surface area contributed by atoms with Gasteiger partial charge in [0.1, 0.15) is 5.71 Å². The fourth-order valence-corrected chi connectivity index (χ4v) is 5.15. The topological polar surface area (TPSA) is 44.7 Å². The van der Waals surface area contributed by atoms with Gasteiger partial charge in [-0.25, -0.2) is 0 Å². The van der Waals surface area contributed by atoms with E-state index in [1.54, 1.807) is 12.1 Å². The van der Waals surface area contributed by atoms with Gasteiger partial charge < -0.3 is 5.32 Å². The Labute approximate surface area is 198 Å². The first-order chi connectivity index (χ1) is 14.9. The van der Waals surface area contributed by atoms with Crippen molar-refractivity contribution in [3.63, 3.8) is 0 Å². The first kappa shape index (κ1) is 22.4. The van der Waals surface area contributed by atoms with Gasteiger partial charge in [-0.15, -0.1) is 0 Å². The number of hydrazone groups is 1. The third-order valence-corrected chi connectivity index (χ3v) is 6.96. The maximum Gasteiger partial charge on any atom is 0.268 e. The van der Waals surface area contributed by atoms with Crippen LogP contribution >= 0.6 is 34.8 Å². The highest BCUT2D eigenvalue weighted by atomic mass is 35.5. The first-order valence-corrected chi connectivity index (χ1v) is 12.0. The molecule has 7 heteroatoms. The summed E-state index contributed by atoms with van der Waals surface area (Å²) >= 11 is 18.7. The fourth-order valence-electron chi connectivity index (χ4n) is 4.53. The second-order valence-electron chi connectivity index (χ2n) is 8.37. The van der Waals surface area contributed by atoms with E-state index in [4.69, 9.17) is 39.9 Å². The number of hydrogen-bond donors (Lipinski definition) is 1. The molecule has 1 aliphatic heterocycles. The van der Waals surface area contributed by atoms with E-state index in [0.29, 0.717) is 20.8 Å².